The highest BCUT2D eigenvalue weighted by Gasteiger charge is 2.32. The summed E-state index contributed by atoms with van der Waals surface area (Å²) >= 11 is 1.16. The molecule has 2 aromatic carbocycles. The first-order valence-corrected chi connectivity index (χ1v) is 9.80. The van der Waals surface area contributed by atoms with E-state index in [1.807, 2.05) is 44.2 Å². The van der Waals surface area contributed by atoms with E-state index in [4.69, 9.17) is 5.26 Å². The summed E-state index contributed by atoms with van der Waals surface area (Å²) in [5.41, 5.74) is 3.62. The van der Waals surface area contributed by atoms with Crippen LogP contribution in [0.15, 0.2) is 58.7 Å². The molecule has 1 aliphatic rings. The Balaban J connectivity index is 1.61. The number of carbonyl (C=O) groups is 2. The fourth-order valence-electron chi connectivity index (χ4n) is 2.62. The molecule has 146 valence electrons. The molecular weight excluding hydrogens is 386 g/mol. The fourth-order valence-corrected chi connectivity index (χ4v) is 3.54. The van der Waals surface area contributed by atoms with Crippen LogP contribution in [0.2, 0.25) is 0 Å². The van der Waals surface area contributed by atoms with Crippen molar-refractivity contribution < 1.29 is 9.59 Å². The van der Waals surface area contributed by atoms with E-state index in [9.17, 15) is 9.59 Å². The fraction of sp³-hybridized carbons (Fsp3) is 0.190. The summed E-state index contributed by atoms with van der Waals surface area (Å²) in [5, 5.41) is 22.5. The van der Waals surface area contributed by atoms with Crippen molar-refractivity contribution in [2.24, 2.45) is 10.2 Å². The lowest BCUT2D eigenvalue weighted by molar-refractivity contribution is -0.122. The molecule has 0 aromatic heterocycles. The second-order valence-corrected chi connectivity index (χ2v) is 7.65. The molecule has 1 saturated heterocycles. The molecule has 8 heteroatoms. The Labute approximate surface area is 172 Å². The molecule has 7 nitrogen and oxygen atoms in total. The number of thioether (sulfide) groups is 1. The Morgan fingerprint density at radius 2 is 1.97 bits per heavy atom. The summed E-state index contributed by atoms with van der Waals surface area (Å²) in [5.74, 6) is -0.637. The van der Waals surface area contributed by atoms with Gasteiger partial charge in [-0.2, -0.15) is 10.4 Å². The summed E-state index contributed by atoms with van der Waals surface area (Å²) in [4.78, 5) is 24.4. The van der Waals surface area contributed by atoms with Crippen molar-refractivity contribution in [2.75, 3.05) is 5.32 Å². The van der Waals surface area contributed by atoms with Crippen molar-refractivity contribution in [3.63, 3.8) is 0 Å². The number of amidine groups is 1. The van der Waals surface area contributed by atoms with E-state index in [1.165, 1.54) is 0 Å². The smallest absolute Gasteiger partial charge is 0.240 e. The van der Waals surface area contributed by atoms with Crippen LogP contribution < -0.4 is 10.6 Å². The normalized spacial score (nSPS) is 17.7. The molecule has 0 radical (unpaired) electrons. The molecule has 2 N–H and O–H groups in total. The van der Waals surface area contributed by atoms with E-state index in [2.05, 4.69) is 20.8 Å². The zero-order valence-corrected chi connectivity index (χ0v) is 16.8. The van der Waals surface area contributed by atoms with E-state index in [0.29, 0.717) is 16.4 Å². The summed E-state index contributed by atoms with van der Waals surface area (Å²) in [6.45, 7) is 3.85. The van der Waals surface area contributed by atoms with Gasteiger partial charge < -0.3 is 10.6 Å². The van der Waals surface area contributed by atoms with Crippen molar-refractivity contribution in [3.8, 4) is 6.07 Å². The number of aryl methyl sites for hydroxylation is 1. The number of benzene rings is 2. The lowest BCUT2D eigenvalue weighted by Gasteiger charge is -2.08. The molecule has 0 saturated carbocycles. The summed E-state index contributed by atoms with van der Waals surface area (Å²) in [6, 6.07) is 16.6. The van der Waals surface area contributed by atoms with Crippen LogP contribution in [0.1, 0.15) is 30.0 Å². The molecule has 29 heavy (non-hydrogen) atoms. The van der Waals surface area contributed by atoms with Crippen LogP contribution in [0.5, 0.6) is 0 Å². The summed E-state index contributed by atoms with van der Waals surface area (Å²) < 4.78 is 0. The molecule has 1 fully saturated rings. The number of nitrogens with zero attached hydrogens (tertiary/aromatic N) is 3. The average molecular weight is 405 g/mol. The van der Waals surface area contributed by atoms with Gasteiger partial charge >= 0.3 is 0 Å². The Kier molecular flexibility index (Phi) is 6.42. The maximum absolute atomic E-state index is 12.3. The van der Waals surface area contributed by atoms with E-state index < -0.39 is 5.25 Å². The highest BCUT2D eigenvalue weighted by atomic mass is 32.2. The maximum atomic E-state index is 12.3. The number of para-hydroxylation sites is 1. The molecule has 3 rings (SSSR count). The van der Waals surface area contributed by atoms with E-state index in [1.54, 1.807) is 24.3 Å². The third-order valence-corrected chi connectivity index (χ3v) is 5.30. The Hall–Kier alpha value is -3.44. The molecule has 0 bridgehead atoms. The first kappa shape index (κ1) is 20.3. The Bertz CT molecular complexity index is 1040. The van der Waals surface area contributed by atoms with Gasteiger partial charge in [0.25, 0.3) is 0 Å². The minimum Gasteiger partial charge on any atom is -0.325 e. The number of amides is 2. The minimum absolute atomic E-state index is 0.0318. The lowest BCUT2D eigenvalue weighted by atomic mass is 10.1. The molecule has 0 spiro atoms. The van der Waals surface area contributed by atoms with E-state index in [-0.39, 0.29) is 18.2 Å². The number of hydrogen-bond donors (Lipinski definition) is 2. The SMILES string of the molecule is CC(=NN=C1NC(=O)[C@H](CC(=O)Nc2ccccc2C#N)S1)c1ccc(C)cc1. The van der Waals surface area contributed by atoms with Gasteiger partial charge in [-0.25, -0.2) is 0 Å². The van der Waals surface area contributed by atoms with E-state index >= 15 is 0 Å². The Morgan fingerprint density at radius 3 is 2.69 bits per heavy atom. The predicted octanol–water partition coefficient (Wildman–Crippen LogP) is 3.21. The molecule has 1 heterocycles. The standard InChI is InChI=1S/C21H19N5O2S/c1-13-7-9-15(10-8-13)14(2)25-26-21-24-20(28)18(29-21)11-19(27)23-17-6-4-3-5-16(17)12-22/h3-10,18H,11H2,1-2H3,(H,23,27)(H,24,26,28)/t18-/m0/s1. The van der Waals surface area contributed by atoms with Crippen LogP contribution in [0.3, 0.4) is 0 Å². The van der Waals surface area contributed by atoms with Gasteiger partial charge in [-0.15, -0.1) is 5.10 Å². The molecule has 1 aliphatic heterocycles. The number of nitrogens with one attached hydrogen (secondary N) is 2. The van der Waals surface area contributed by atoms with Crippen molar-refractivity contribution in [1.82, 2.24) is 5.32 Å². The van der Waals surface area contributed by atoms with Gasteiger partial charge in [0.05, 0.1) is 17.0 Å². The van der Waals surface area contributed by atoms with Crippen LogP contribution in [0.4, 0.5) is 5.69 Å². The number of nitriles is 1. The lowest BCUT2D eigenvalue weighted by Crippen LogP contribution is -2.28. The number of hydrogen-bond acceptors (Lipinski definition) is 6. The molecule has 2 aromatic rings. The van der Waals surface area contributed by atoms with Crippen molar-refractivity contribution in [3.05, 3.63) is 65.2 Å². The van der Waals surface area contributed by atoms with Gasteiger partial charge in [-0.1, -0.05) is 53.7 Å². The summed E-state index contributed by atoms with van der Waals surface area (Å²) in [7, 11) is 0. The summed E-state index contributed by atoms with van der Waals surface area (Å²) in [6.07, 6.45) is -0.0318. The highest BCUT2D eigenvalue weighted by molar-refractivity contribution is 8.15. The number of anilines is 1. The minimum atomic E-state index is -0.599. The maximum Gasteiger partial charge on any atom is 0.240 e. The molecule has 0 aliphatic carbocycles. The van der Waals surface area contributed by atoms with Crippen LogP contribution in [0.25, 0.3) is 0 Å². The largest absolute Gasteiger partial charge is 0.325 e. The quantitative estimate of drug-likeness (QED) is 0.588. The zero-order chi connectivity index (χ0) is 20.8. The van der Waals surface area contributed by atoms with Crippen molar-refractivity contribution >= 4 is 40.1 Å². The van der Waals surface area contributed by atoms with Crippen molar-refractivity contribution in [1.29, 1.82) is 5.26 Å². The van der Waals surface area contributed by atoms with Gasteiger partial charge in [0.15, 0.2) is 5.17 Å². The van der Waals surface area contributed by atoms with Crippen LogP contribution >= 0.6 is 11.8 Å². The monoisotopic (exact) mass is 405 g/mol. The van der Waals surface area contributed by atoms with Gasteiger partial charge in [-0.3, -0.25) is 9.59 Å². The predicted molar refractivity (Wildman–Crippen MR) is 115 cm³/mol. The van der Waals surface area contributed by atoms with Crippen LogP contribution in [0, 0.1) is 18.3 Å². The molecule has 0 unspecified atom stereocenters. The van der Waals surface area contributed by atoms with Gasteiger partial charge in [-0.05, 0) is 31.5 Å². The van der Waals surface area contributed by atoms with E-state index in [0.717, 1.165) is 28.6 Å². The topological polar surface area (TPSA) is 107 Å². The number of rotatable bonds is 5. The molecule has 1 atom stereocenters. The first-order chi connectivity index (χ1) is 14.0. The van der Waals surface area contributed by atoms with Crippen LogP contribution in [-0.4, -0.2) is 27.9 Å². The van der Waals surface area contributed by atoms with Crippen LogP contribution in [-0.2, 0) is 9.59 Å². The molecular formula is C21H19N5O2S. The van der Waals surface area contributed by atoms with Gasteiger partial charge in [0.1, 0.15) is 11.3 Å². The van der Waals surface area contributed by atoms with Gasteiger partial charge in [0, 0.05) is 6.42 Å². The zero-order valence-electron chi connectivity index (χ0n) is 16.0. The highest BCUT2D eigenvalue weighted by Crippen LogP contribution is 2.23. The molecule has 2 amide bonds. The second kappa shape index (κ2) is 9.17. The van der Waals surface area contributed by atoms with Gasteiger partial charge in [0.2, 0.25) is 11.8 Å². The second-order valence-electron chi connectivity index (χ2n) is 6.46. The first-order valence-electron chi connectivity index (χ1n) is 8.92. The van der Waals surface area contributed by atoms with Crippen molar-refractivity contribution in [2.45, 2.75) is 25.5 Å². The number of carbonyl (C=O) groups excluding carboxylic acids is 2. The Morgan fingerprint density at radius 1 is 1.24 bits per heavy atom. The average Bonchev–Trinajstić information content (AvgIpc) is 3.06. The third-order valence-electron chi connectivity index (χ3n) is 4.23. The third kappa shape index (κ3) is 5.30.